The fraction of sp³-hybridized carbons (Fsp3) is 0.263. The number of carbonyl (C=O) groups is 2. The fourth-order valence-electron chi connectivity index (χ4n) is 2.09. The van der Waals surface area contributed by atoms with E-state index in [4.69, 9.17) is 11.6 Å². The van der Waals surface area contributed by atoms with E-state index in [1.807, 2.05) is 33.8 Å². The molecule has 5 heteroatoms. The number of carbonyl (C=O) groups excluding carboxylic acids is 2. The first-order valence-electron chi connectivity index (χ1n) is 7.66. The standard InChI is InChI=1S/C19H21ClN2O2/c1-12-8-9-15(11-16(12)20)21-17(23)13-6-5-7-14(10-13)18(24)22-19(2,3)4/h5-11H,1-4H3,(H,21,23)(H,22,24). The smallest absolute Gasteiger partial charge is 0.255 e. The molecule has 0 aromatic heterocycles. The van der Waals surface area contributed by atoms with Crippen LogP contribution in [0, 0.1) is 6.92 Å². The predicted molar refractivity (Wildman–Crippen MR) is 97.8 cm³/mol. The Morgan fingerprint density at radius 3 is 2.17 bits per heavy atom. The molecule has 2 rings (SSSR count). The maximum Gasteiger partial charge on any atom is 0.255 e. The second-order valence-corrected chi connectivity index (χ2v) is 7.11. The van der Waals surface area contributed by atoms with Crippen LogP contribution in [0.3, 0.4) is 0 Å². The number of hydrogen-bond donors (Lipinski definition) is 2. The predicted octanol–water partition coefficient (Wildman–Crippen LogP) is 4.43. The third-order valence-corrected chi connectivity index (χ3v) is 3.71. The van der Waals surface area contributed by atoms with Crippen molar-refractivity contribution in [3.8, 4) is 0 Å². The fourth-order valence-corrected chi connectivity index (χ4v) is 2.27. The summed E-state index contributed by atoms with van der Waals surface area (Å²) in [6.07, 6.45) is 0. The van der Waals surface area contributed by atoms with E-state index in [0.29, 0.717) is 21.8 Å². The van der Waals surface area contributed by atoms with Gasteiger partial charge in [-0.25, -0.2) is 0 Å². The normalized spacial score (nSPS) is 11.0. The Morgan fingerprint density at radius 2 is 1.58 bits per heavy atom. The highest BCUT2D eigenvalue weighted by Crippen LogP contribution is 2.20. The van der Waals surface area contributed by atoms with Crippen LogP contribution in [0.4, 0.5) is 5.69 Å². The lowest BCUT2D eigenvalue weighted by atomic mass is 10.1. The first-order chi connectivity index (χ1) is 11.2. The zero-order valence-corrected chi connectivity index (χ0v) is 15.0. The molecular formula is C19H21ClN2O2. The molecule has 2 N–H and O–H groups in total. The number of anilines is 1. The third kappa shape index (κ3) is 4.83. The lowest BCUT2D eigenvalue weighted by Crippen LogP contribution is -2.40. The van der Waals surface area contributed by atoms with E-state index < -0.39 is 0 Å². The lowest BCUT2D eigenvalue weighted by Gasteiger charge is -2.20. The largest absolute Gasteiger partial charge is 0.347 e. The third-order valence-electron chi connectivity index (χ3n) is 3.31. The molecule has 0 saturated heterocycles. The lowest BCUT2D eigenvalue weighted by molar-refractivity contribution is 0.0919. The zero-order chi connectivity index (χ0) is 17.9. The molecule has 4 nitrogen and oxygen atoms in total. The minimum atomic E-state index is -0.339. The Labute approximate surface area is 147 Å². The van der Waals surface area contributed by atoms with Gasteiger partial charge >= 0.3 is 0 Å². The molecule has 0 saturated carbocycles. The Hall–Kier alpha value is -2.33. The molecule has 0 unspecified atom stereocenters. The van der Waals surface area contributed by atoms with Crippen LogP contribution in [0.2, 0.25) is 5.02 Å². The van der Waals surface area contributed by atoms with Gasteiger partial charge in [0.1, 0.15) is 0 Å². The van der Waals surface area contributed by atoms with Gasteiger partial charge in [-0.2, -0.15) is 0 Å². The van der Waals surface area contributed by atoms with Gasteiger partial charge in [0.25, 0.3) is 11.8 Å². The van der Waals surface area contributed by atoms with Crippen LogP contribution in [0.15, 0.2) is 42.5 Å². The van der Waals surface area contributed by atoms with E-state index >= 15 is 0 Å². The number of benzene rings is 2. The van der Waals surface area contributed by atoms with Crippen LogP contribution >= 0.6 is 11.6 Å². The molecule has 0 aliphatic carbocycles. The van der Waals surface area contributed by atoms with Crippen molar-refractivity contribution in [2.45, 2.75) is 33.2 Å². The summed E-state index contributed by atoms with van der Waals surface area (Å²) in [6, 6.07) is 11.9. The van der Waals surface area contributed by atoms with Gasteiger partial charge in [-0.1, -0.05) is 23.7 Å². The summed E-state index contributed by atoms with van der Waals surface area (Å²) >= 11 is 6.07. The number of rotatable bonds is 3. The zero-order valence-electron chi connectivity index (χ0n) is 14.2. The molecule has 0 aliphatic rings. The van der Waals surface area contributed by atoms with Gasteiger partial charge in [-0.15, -0.1) is 0 Å². The highest BCUT2D eigenvalue weighted by atomic mass is 35.5. The Balaban J connectivity index is 2.16. The highest BCUT2D eigenvalue weighted by molar-refractivity contribution is 6.31. The molecule has 0 bridgehead atoms. The summed E-state index contributed by atoms with van der Waals surface area (Å²) in [5.74, 6) is -0.504. The van der Waals surface area contributed by atoms with Crippen molar-refractivity contribution in [3.05, 3.63) is 64.2 Å². The number of hydrogen-bond acceptors (Lipinski definition) is 2. The summed E-state index contributed by atoms with van der Waals surface area (Å²) in [5, 5.41) is 6.25. The maximum absolute atomic E-state index is 12.4. The average molecular weight is 345 g/mol. The molecule has 0 fully saturated rings. The van der Waals surface area contributed by atoms with Gasteiger partial charge in [-0.05, 0) is 63.6 Å². The van der Waals surface area contributed by atoms with Crippen LogP contribution < -0.4 is 10.6 Å². The van der Waals surface area contributed by atoms with Gasteiger partial charge < -0.3 is 10.6 Å². The van der Waals surface area contributed by atoms with Crippen LogP contribution in [-0.4, -0.2) is 17.4 Å². The van der Waals surface area contributed by atoms with Crippen LogP contribution in [-0.2, 0) is 0 Å². The summed E-state index contributed by atoms with van der Waals surface area (Å²) in [7, 11) is 0. The van der Waals surface area contributed by atoms with E-state index in [1.54, 1.807) is 36.4 Å². The van der Waals surface area contributed by atoms with Crippen LogP contribution in [0.1, 0.15) is 47.1 Å². The molecule has 2 aromatic rings. The monoisotopic (exact) mass is 344 g/mol. The van der Waals surface area contributed by atoms with Gasteiger partial charge in [0.2, 0.25) is 0 Å². The van der Waals surface area contributed by atoms with Gasteiger partial charge in [0.05, 0.1) is 0 Å². The molecule has 24 heavy (non-hydrogen) atoms. The molecular weight excluding hydrogens is 324 g/mol. The van der Waals surface area contributed by atoms with Crippen molar-refractivity contribution in [2.75, 3.05) is 5.32 Å². The van der Waals surface area contributed by atoms with E-state index in [1.165, 1.54) is 0 Å². The topological polar surface area (TPSA) is 58.2 Å². The van der Waals surface area contributed by atoms with E-state index in [2.05, 4.69) is 10.6 Å². The van der Waals surface area contributed by atoms with Crippen molar-refractivity contribution < 1.29 is 9.59 Å². The van der Waals surface area contributed by atoms with Crippen molar-refractivity contribution in [1.29, 1.82) is 0 Å². The van der Waals surface area contributed by atoms with Crippen LogP contribution in [0.25, 0.3) is 0 Å². The molecule has 0 radical (unpaired) electrons. The molecule has 0 heterocycles. The molecule has 0 spiro atoms. The van der Waals surface area contributed by atoms with E-state index in [-0.39, 0.29) is 17.4 Å². The Bertz CT molecular complexity index is 779. The molecule has 126 valence electrons. The number of aryl methyl sites for hydroxylation is 1. The molecule has 2 aromatic carbocycles. The van der Waals surface area contributed by atoms with Crippen molar-refractivity contribution >= 4 is 29.1 Å². The number of amides is 2. The number of nitrogens with one attached hydrogen (secondary N) is 2. The minimum absolute atomic E-state index is 0.212. The van der Waals surface area contributed by atoms with Gasteiger partial charge in [-0.3, -0.25) is 9.59 Å². The van der Waals surface area contributed by atoms with Gasteiger partial charge in [0.15, 0.2) is 0 Å². The Morgan fingerprint density at radius 1 is 0.958 bits per heavy atom. The second kappa shape index (κ2) is 7.05. The Kier molecular flexibility index (Phi) is 5.30. The first-order valence-corrected chi connectivity index (χ1v) is 8.03. The molecule has 0 atom stereocenters. The summed E-state index contributed by atoms with van der Waals surface area (Å²) in [5.41, 5.74) is 2.07. The number of halogens is 1. The average Bonchev–Trinajstić information content (AvgIpc) is 2.49. The van der Waals surface area contributed by atoms with Crippen molar-refractivity contribution in [2.24, 2.45) is 0 Å². The van der Waals surface area contributed by atoms with Crippen molar-refractivity contribution in [1.82, 2.24) is 5.32 Å². The SMILES string of the molecule is Cc1ccc(NC(=O)c2cccc(C(=O)NC(C)(C)C)c2)cc1Cl. The maximum atomic E-state index is 12.4. The summed E-state index contributed by atoms with van der Waals surface area (Å²) in [4.78, 5) is 24.6. The first kappa shape index (κ1) is 18.0. The highest BCUT2D eigenvalue weighted by Gasteiger charge is 2.16. The minimum Gasteiger partial charge on any atom is -0.347 e. The second-order valence-electron chi connectivity index (χ2n) is 6.70. The van der Waals surface area contributed by atoms with E-state index in [9.17, 15) is 9.59 Å². The quantitative estimate of drug-likeness (QED) is 0.865. The molecule has 2 amide bonds. The van der Waals surface area contributed by atoms with Crippen molar-refractivity contribution in [3.63, 3.8) is 0 Å². The van der Waals surface area contributed by atoms with E-state index in [0.717, 1.165) is 5.56 Å². The summed E-state index contributed by atoms with van der Waals surface area (Å²) in [6.45, 7) is 7.61. The summed E-state index contributed by atoms with van der Waals surface area (Å²) < 4.78 is 0. The van der Waals surface area contributed by atoms with Gasteiger partial charge in [0, 0.05) is 27.4 Å². The molecule has 0 aliphatic heterocycles. The van der Waals surface area contributed by atoms with Crippen LogP contribution in [0.5, 0.6) is 0 Å².